The van der Waals surface area contributed by atoms with Gasteiger partial charge in [-0.3, -0.25) is 0 Å². The SMILES string of the molecule is COc1ccccc1NC(=S)N1CCC(C(O)(c2ccccc2)c2ccccc2)CC1. The first-order chi connectivity index (χ1) is 15.1. The minimum absolute atomic E-state index is 0.0996. The molecule has 0 spiro atoms. The summed E-state index contributed by atoms with van der Waals surface area (Å²) in [7, 11) is 1.66. The number of ether oxygens (including phenoxy) is 1. The molecular formula is C26H28N2O2S. The van der Waals surface area contributed by atoms with Crippen molar-refractivity contribution in [3.8, 4) is 5.75 Å². The van der Waals surface area contributed by atoms with Crippen LogP contribution in [0.25, 0.3) is 0 Å². The number of aliphatic hydroxyl groups is 1. The fourth-order valence-corrected chi connectivity index (χ4v) is 4.76. The summed E-state index contributed by atoms with van der Waals surface area (Å²) in [4.78, 5) is 2.18. The van der Waals surface area contributed by atoms with E-state index in [1.165, 1.54) is 0 Å². The highest BCUT2D eigenvalue weighted by Gasteiger charge is 2.41. The molecule has 1 heterocycles. The van der Waals surface area contributed by atoms with Gasteiger partial charge in [-0.25, -0.2) is 0 Å². The zero-order valence-corrected chi connectivity index (χ0v) is 18.5. The molecule has 4 rings (SSSR count). The Morgan fingerprint density at radius 1 is 0.903 bits per heavy atom. The Bertz CT molecular complexity index is 963. The number of piperidine rings is 1. The van der Waals surface area contributed by atoms with Crippen molar-refractivity contribution in [3.63, 3.8) is 0 Å². The van der Waals surface area contributed by atoms with E-state index in [2.05, 4.69) is 10.2 Å². The topological polar surface area (TPSA) is 44.7 Å². The molecule has 0 aliphatic carbocycles. The van der Waals surface area contributed by atoms with Crippen LogP contribution in [0.5, 0.6) is 5.75 Å². The van der Waals surface area contributed by atoms with Crippen LogP contribution >= 0.6 is 12.2 Å². The van der Waals surface area contributed by atoms with Crippen molar-refractivity contribution in [1.82, 2.24) is 4.90 Å². The van der Waals surface area contributed by atoms with Gasteiger partial charge in [-0.05, 0) is 54.2 Å². The van der Waals surface area contributed by atoms with Crippen molar-refractivity contribution in [2.45, 2.75) is 18.4 Å². The van der Waals surface area contributed by atoms with Gasteiger partial charge in [0.25, 0.3) is 0 Å². The molecule has 160 valence electrons. The number of rotatable bonds is 5. The van der Waals surface area contributed by atoms with Crippen LogP contribution in [0.3, 0.4) is 0 Å². The second kappa shape index (κ2) is 9.50. The second-order valence-electron chi connectivity index (χ2n) is 7.89. The van der Waals surface area contributed by atoms with Gasteiger partial charge in [-0.15, -0.1) is 0 Å². The van der Waals surface area contributed by atoms with E-state index in [4.69, 9.17) is 17.0 Å². The second-order valence-corrected chi connectivity index (χ2v) is 8.28. The van der Waals surface area contributed by atoms with Gasteiger partial charge in [0, 0.05) is 13.1 Å². The highest BCUT2D eigenvalue weighted by atomic mass is 32.1. The third-order valence-electron chi connectivity index (χ3n) is 6.15. The first-order valence-corrected chi connectivity index (χ1v) is 11.1. The summed E-state index contributed by atoms with van der Waals surface area (Å²) in [5.41, 5.74) is 1.72. The maximum atomic E-state index is 12.0. The summed E-state index contributed by atoms with van der Waals surface area (Å²) in [5.74, 6) is 0.866. The highest BCUT2D eigenvalue weighted by molar-refractivity contribution is 7.80. The number of thiocarbonyl (C=S) groups is 1. The largest absolute Gasteiger partial charge is 0.495 e. The Morgan fingerprint density at radius 3 is 1.97 bits per heavy atom. The van der Waals surface area contributed by atoms with Crippen LogP contribution in [0.2, 0.25) is 0 Å². The van der Waals surface area contributed by atoms with Gasteiger partial charge in [0.05, 0.1) is 12.8 Å². The van der Waals surface area contributed by atoms with Gasteiger partial charge in [0.2, 0.25) is 0 Å². The van der Waals surface area contributed by atoms with Gasteiger partial charge in [0.1, 0.15) is 11.4 Å². The number of methoxy groups -OCH3 is 1. The Labute approximate surface area is 189 Å². The number of anilines is 1. The van der Waals surface area contributed by atoms with Gasteiger partial charge >= 0.3 is 0 Å². The number of likely N-dealkylation sites (tertiary alicyclic amines) is 1. The molecule has 1 saturated heterocycles. The zero-order chi connectivity index (χ0) is 21.7. The molecule has 31 heavy (non-hydrogen) atoms. The van der Waals surface area contributed by atoms with Crippen LogP contribution < -0.4 is 10.1 Å². The van der Waals surface area contributed by atoms with Gasteiger partial charge in [-0.1, -0.05) is 72.8 Å². The monoisotopic (exact) mass is 432 g/mol. The summed E-state index contributed by atoms with van der Waals surface area (Å²) in [5, 5.41) is 16.0. The first kappa shape index (κ1) is 21.3. The average molecular weight is 433 g/mol. The van der Waals surface area contributed by atoms with Gasteiger partial charge < -0.3 is 20.1 Å². The van der Waals surface area contributed by atoms with E-state index in [0.717, 1.165) is 48.5 Å². The van der Waals surface area contributed by atoms with Crippen LogP contribution in [-0.4, -0.2) is 35.3 Å². The number of hydrogen-bond donors (Lipinski definition) is 2. The van der Waals surface area contributed by atoms with Crippen molar-refractivity contribution in [1.29, 1.82) is 0 Å². The summed E-state index contributed by atoms with van der Waals surface area (Å²) in [6.07, 6.45) is 1.68. The van der Waals surface area contributed by atoms with Crippen molar-refractivity contribution in [2.24, 2.45) is 5.92 Å². The standard InChI is InChI=1S/C26H28N2O2S/c1-30-24-15-9-8-14-23(24)27-25(31)28-18-16-22(17-19-28)26(29,20-10-4-2-5-11-20)21-12-6-3-7-13-21/h2-15,22,29H,16-19H2,1H3,(H,27,31). The Kier molecular flexibility index (Phi) is 6.54. The van der Waals surface area contributed by atoms with Crippen LogP contribution in [0.1, 0.15) is 24.0 Å². The molecule has 0 unspecified atom stereocenters. The summed E-state index contributed by atoms with van der Waals surface area (Å²) in [6.45, 7) is 1.57. The predicted molar refractivity (Wildman–Crippen MR) is 129 cm³/mol. The lowest BCUT2D eigenvalue weighted by molar-refractivity contribution is -0.00631. The van der Waals surface area contributed by atoms with E-state index in [0.29, 0.717) is 5.11 Å². The maximum absolute atomic E-state index is 12.0. The minimum Gasteiger partial charge on any atom is -0.495 e. The summed E-state index contributed by atoms with van der Waals surface area (Å²) in [6, 6.07) is 27.8. The van der Waals surface area contributed by atoms with E-state index in [9.17, 15) is 5.11 Å². The molecule has 0 aromatic heterocycles. The molecule has 5 heteroatoms. The Hall–Kier alpha value is -2.89. The van der Waals surface area contributed by atoms with E-state index in [1.54, 1.807) is 7.11 Å². The van der Waals surface area contributed by atoms with Crippen molar-refractivity contribution >= 4 is 23.0 Å². The lowest BCUT2D eigenvalue weighted by Crippen LogP contribution is -2.47. The lowest BCUT2D eigenvalue weighted by Gasteiger charge is -2.43. The molecular weight excluding hydrogens is 404 g/mol. The number of benzene rings is 3. The number of para-hydroxylation sites is 2. The lowest BCUT2D eigenvalue weighted by atomic mass is 9.72. The minimum atomic E-state index is -1.02. The van der Waals surface area contributed by atoms with Crippen molar-refractivity contribution < 1.29 is 9.84 Å². The molecule has 1 aliphatic rings. The fourth-order valence-electron chi connectivity index (χ4n) is 4.47. The van der Waals surface area contributed by atoms with Crippen LogP contribution in [-0.2, 0) is 5.60 Å². The molecule has 0 amide bonds. The fraction of sp³-hybridized carbons (Fsp3) is 0.269. The first-order valence-electron chi connectivity index (χ1n) is 10.7. The van der Waals surface area contributed by atoms with Crippen LogP contribution in [0.15, 0.2) is 84.9 Å². The molecule has 0 saturated carbocycles. The Balaban J connectivity index is 1.50. The molecule has 1 aliphatic heterocycles. The molecule has 0 atom stereocenters. The number of nitrogens with one attached hydrogen (secondary N) is 1. The molecule has 4 nitrogen and oxygen atoms in total. The average Bonchev–Trinajstić information content (AvgIpc) is 2.85. The third kappa shape index (κ3) is 4.43. The maximum Gasteiger partial charge on any atom is 0.173 e. The molecule has 0 radical (unpaired) electrons. The highest BCUT2D eigenvalue weighted by Crippen LogP contribution is 2.42. The van der Waals surface area contributed by atoms with E-state index in [-0.39, 0.29) is 5.92 Å². The van der Waals surface area contributed by atoms with E-state index in [1.807, 2.05) is 84.9 Å². The third-order valence-corrected chi connectivity index (χ3v) is 6.51. The molecule has 0 bridgehead atoms. The zero-order valence-electron chi connectivity index (χ0n) is 17.7. The number of hydrogen-bond acceptors (Lipinski definition) is 3. The van der Waals surface area contributed by atoms with Gasteiger partial charge in [-0.2, -0.15) is 0 Å². The van der Waals surface area contributed by atoms with E-state index >= 15 is 0 Å². The van der Waals surface area contributed by atoms with Crippen LogP contribution in [0.4, 0.5) is 5.69 Å². The Morgan fingerprint density at radius 2 is 1.42 bits per heavy atom. The smallest absolute Gasteiger partial charge is 0.173 e. The van der Waals surface area contributed by atoms with Crippen molar-refractivity contribution in [2.75, 3.05) is 25.5 Å². The van der Waals surface area contributed by atoms with E-state index < -0.39 is 5.60 Å². The molecule has 1 fully saturated rings. The van der Waals surface area contributed by atoms with Gasteiger partial charge in [0.15, 0.2) is 5.11 Å². The predicted octanol–water partition coefficient (Wildman–Crippen LogP) is 5.04. The molecule has 3 aromatic carbocycles. The quantitative estimate of drug-likeness (QED) is 0.553. The molecule has 2 N–H and O–H groups in total. The normalized spacial score (nSPS) is 14.8. The molecule has 3 aromatic rings. The number of nitrogens with zero attached hydrogens (tertiary/aromatic N) is 1. The summed E-state index contributed by atoms with van der Waals surface area (Å²) < 4.78 is 5.42. The summed E-state index contributed by atoms with van der Waals surface area (Å²) >= 11 is 5.68. The van der Waals surface area contributed by atoms with Crippen molar-refractivity contribution in [3.05, 3.63) is 96.1 Å². The van der Waals surface area contributed by atoms with Crippen LogP contribution in [0, 0.1) is 5.92 Å².